The molecule has 1 N–H and O–H groups in total. The van der Waals surface area contributed by atoms with E-state index >= 15 is 0 Å². The van der Waals surface area contributed by atoms with Crippen molar-refractivity contribution < 1.29 is 0 Å². The van der Waals surface area contributed by atoms with Gasteiger partial charge in [0.2, 0.25) is 5.16 Å². The lowest BCUT2D eigenvalue weighted by Gasteiger charge is -1.94. The van der Waals surface area contributed by atoms with E-state index in [9.17, 15) is 0 Å². The van der Waals surface area contributed by atoms with Gasteiger partial charge in [-0.3, -0.25) is 0 Å². The van der Waals surface area contributed by atoms with Crippen LogP contribution in [0.25, 0.3) is 22.1 Å². The fraction of sp³-hybridized carbons (Fsp3) is 0.0833. The molecular formula is C12H8N4S. The lowest BCUT2D eigenvalue weighted by molar-refractivity contribution is 0.879. The first-order chi connectivity index (χ1) is 8.38. The number of benzene rings is 1. The average Bonchev–Trinajstić information content (AvgIpc) is 2.74. The topological polar surface area (TPSA) is 54.5 Å². The highest BCUT2D eigenvalue weighted by molar-refractivity contribution is 7.99. The Morgan fingerprint density at radius 2 is 2.18 bits per heavy atom. The maximum Gasteiger partial charge on any atom is 0.212 e. The molecule has 3 rings (SSSR count). The van der Waals surface area contributed by atoms with Crippen molar-refractivity contribution in [1.82, 2.24) is 20.2 Å². The molecule has 1 aromatic carbocycles. The molecule has 0 amide bonds. The summed E-state index contributed by atoms with van der Waals surface area (Å²) >= 11 is 1.40. The molecule has 2 heterocycles. The Hall–Kier alpha value is -2.06. The highest BCUT2D eigenvalue weighted by Crippen LogP contribution is 2.22. The molecule has 3 aromatic rings. The number of nitrogens with zero attached hydrogens (tertiary/aromatic N) is 3. The van der Waals surface area contributed by atoms with Gasteiger partial charge in [0.15, 0.2) is 5.65 Å². The largest absolute Gasteiger partial charge is 0.338 e. The predicted molar refractivity (Wildman–Crippen MR) is 68.7 cm³/mol. The number of para-hydroxylation sites is 1. The van der Waals surface area contributed by atoms with Gasteiger partial charge in [-0.1, -0.05) is 35.9 Å². The van der Waals surface area contributed by atoms with Gasteiger partial charge in [0, 0.05) is 10.9 Å². The van der Waals surface area contributed by atoms with Crippen molar-refractivity contribution in [2.75, 3.05) is 5.75 Å². The number of H-pyrrole nitrogens is 1. The van der Waals surface area contributed by atoms with Gasteiger partial charge in [-0.2, -0.15) is 0 Å². The lowest BCUT2D eigenvalue weighted by Crippen LogP contribution is -1.91. The van der Waals surface area contributed by atoms with E-state index in [1.165, 1.54) is 11.8 Å². The standard InChI is InChI=1S/C12H8N4S/c1-2-7-17-12-14-11-10(15-16-12)8-5-3-4-6-9(8)13-11/h1,3-6H,7H2,(H,13,14,16). The fourth-order valence-corrected chi connectivity index (χ4v) is 2.14. The van der Waals surface area contributed by atoms with E-state index in [2.05, 4.69) is 26.1 Å². The van der Waals surface area contributed by atoms with Gasteiger partial charge in [0.05, 0.1) is 5.75 Å². The van der Waals surface area contributed by atoms with E-state index in [0.717, 1.165) is 22.1 Å². The van der Waals surface area contributed by atoms with Crippen molar-refractivity contribution in [3.05, 3.63) is 24.3 Å². The van der Waals surface area contributed by atoms with Gasteiger partial charge >= 0.3 is 0 Å². The van der Waals surface area contributed by atoms with Crippen molar-refractivity contribution in [3.8, 4) is 12.3 Å². The first-order valence-corrected chi connectivity index (χ1v) is 6.04. The number of hydrogen-bond donors (Lipinski definition) is 1. The van der Waals surface area contributed by atoms with E-state index in [0.29, 0.717) is 10.9 Å². The molecule has 0 saturated heterocycles. The van der Waals surface area contributed by atoms with Gasteiger partial charge in [0.25, 0.3) is 0 Å². The quantitative estimate of drug-likeness (QED) is 0.551. The van der Waals surface area contributed by atoms with E-state index in [1.54, 1.807) is 0 Å². The van der Waals surface area contributed by atoms with Crippen LogP contribution < -0.4 is 0 Å². The highest BCUT2D eigenvalue weighted by atomic mass is 32.2. The highest BCUT2D eigenvalue weighted by Gasteiger charge is 2.08. The van der Waals surface area contributed by atoms with Gasteiger partial charge in [-0.15, -0.1) is 16.6 Å². The van der Waals surface area contributed by atoms with Crippen molar-refractivity contribution in [2.45, 2.75) is 5.16 Å². The number of nitrogens with one attached hydrogen (secondary N) is 1. The molecule has 0 bridgehead atoms. The van der Waals surface area contributed by atoms with Crippen molar-refractivity contribution >= 4 is 33.8 Å². The Morgan fingerprint density at radius 1 is 1.29 bits per heavy atom. The van der Waals surface area contributed by atoms with E-state index in [-0.39, 0.29) is 0 Å². The summed E-state index contributed by atoms with van der Waals surface area (Å²) < 4.78 is 0. The second kappa shape index (κ2) is 4.07. The molecular weight excluding hydrogens is 232 g/mol. The van der Waals surface area contributed by atoms with Crippen LogP contribution >= 0.6 is 11.8 Å². The monoisotopic (exact) mass is 240 g/mol. The van der Waals surface area contributed by atoms with E-state index in [4.69, 9.17) is 6.42 Å². The smallest absolute Gasteiger partial charge is 0.212 e. The Kier molecular flexibility index (Phi) is 2.42. The Morgan fingerprint density at radius 3 is 3.06 bits per heavy atom. The number of thioether (sulfide) groups is 1. The molecule has 0 radical (unpaired) electrons. The number of hydrogen-bond acceptors (Lipinski definition) is 4. The Bertz CT molecular complexity index is 726. The molecule has 0 fully saturated rings. The third-order valence-electron chi connectivity index (χ3n) is 2.39. The molecule has 0 saturated carbocycles. The predicted octanol–water partition coefficient (Wildman–Crippen LogP) is 2.23. The first kappa shape index (κ1) is 10.1. The van der Waals surface area contributed by atoms with Crippen molar-refractivity contribution in [3.63, 3.8) is 0 Å². The third-order valence-corrected chi connectivity index (χ3v) is 3.13. The second-order valence-electron chi connectivity index (χ2n) is 3.45. The summed E-state index contributed by atoms with van der Waals surface area (Å²) in [6.45, 7) is 0. The van der Waals surface area contributed by atoms with Crippen molar-refractivity contribution in [2.24, 2.45) is 0 Å². The molecule has 0 atom stereocenters. The summed E-state index contributed by atoms with van der Waals surface area (Å²) in [5.74, 6) is 3.08. The van der Waals surface area contributed by atoms with Crippen LogP contribution in [0.4, 0.5) is 0 Å². The molecule has 17 heavy (non-hydrogen) atoms. The van der Waals surface area contributed by atoms with Crippen LogP contribution in [0.1, 0.15) is 0 Å². The van der Waals surface area contributed by atoms with Crippen LogP contribution in [0.3, 0.4) is 0 Å². The van der Waals surface area contributed by atoms with Crippen LogP contribution in [0.5, 0.6) is 0 Å². The number of rotatable bonds is 2. The SMILES string of the molecule is C#CCSc1nnc2c(n1)[nH]c1ccccc12. The average molecular weight is 240 g/mol. The van der Waals surface area contributed by atoms with Crippen molar-refractivity contribution in [1.29, 1.82) is 0 Å². The second-order valence-corrected chi connectivity index (χ2v) is 4.40. The van der Waals surface area contributed by atoms with Gasteiger partial charge in [-0.05, 0) is 6.07 Å². The number of terminal acetylenes is 1. The number of aromatic amines is 1. The fourth-order valence-electron chi connectivity index (χ4n) is 1.67. The molecule has 0 unspecified atom stereocenters. The minimum atomic E-state index is 0.549. The summed E-state index contributed by atoms with van der Waals surface area (Å²) in [6.07, 6.45) is 5.20. The number of fused-ring (bicyclic) bond motifs is 3. The lowest BCUT2D eigenvalue weighted by atomic mass is 10.2. The van der Waals surface area contributed by atoms with Crippen LogP contribution in [-0.4, -0.2) is 25.9 Å². The zero-order valence-electron chi connectivity index (χ0n) is 8.84. The molecule has 5 heteroatoms. The summed E-state index contributed by atoms with van der Waals surface area (Å²) in [5.41, 5.74) is 2.56. The summed E-state index contributed by atoms with van der Waals surface area (Å²) in [7, 11) is 0. The van der Waals surface area contributed by atoms with Gasteiger partial charge in [0.1, 0.15) is 5.52 Å². The minimum Gasteiger partial charge on any atom is -0.338 e. The summed E-state index contributed by atoms with van der Waals surface area (Å²) in [4.78, 5) is 7.60. The number of aromatic nitrogens is 4. The molecule has 0 aliphatic heterocycles. The van der Waals surface area contributed by atoms with Crippen LogP contribution in [0.15, 0.2) is 29.4 Å². The summed E-state index contributed by atoms with van der Waals surface area (Å²) in [6, 6.07) is 7.93. The molecule has 0 aliphatic rings. The maximum absolute atomic E-state index is 5.20. The zero-order chi connectivity index (χ0) is 11.7. The third kappa shape index (κ3) is 1.73. The van der Waals surface area contributed by atoms with E-state index < -0.39 is 0 Å². The van der Waals surface area contributed by atoms with Gasteiger partial charge < -0.3 is 4.98 Å². The molecule has 2 aromatic heterocycles. The first-order valence-electron chi connectivity index (χ1n) is 5.06. The normalized spacial score (nSPS) is 10.8. The van der Waals surface area contributed by atoms with E-state index in [1.807, 2.05) is 24.3 Å². The zero-order valence-corrected chi connectivity index (χ0v) is 9.66. The Labute approximate surface area is 102 Å². The van der Waals surface area contributed by atoms with Crippen LogP contribution in [-0.2, 0) is 0 Å². The molecule has 0 spiro atoms. The summed E-state index contributed by atoms with van der Waals surface area (Å²) in [5, 5.41) is 9.88. The van der Waals surface area contributed by atoms with Gasteiger partial charge in [-0.25, -0.2) is 4.98 Å². The molecule has 4 nitrogen and oxygen atoms in total. The molecule has 0 aliphatic carbocycles. The molecule has 82 valence electrons. The Balaban J connectivity index is 2.17. The maximum atomic E-state index is 5.20. The minimum absolute atomic E-state index is 0.549. The van der Waals surface area contributed by atoms with Crippen LogP contribution in [0.2, 0.25) is 0 Å². The van der Waals surface area contributed by atoms with Crippen LogP contribution in [0, 0.1) is 12.3 Å².